The molecule has 0 N–H and O–H groups in total. The molecule has 4 fully saturated rings. The van der Waals surface area contributed by atoms with Crippen molar-refractivity contribution in [1.29, 1.82) is 0 Å². The fourth-order valence-corrected chi connectivity index (χ4v) is 7.43. The Morgan fingerprint density at radius 3 is 2.56 bits per heavy atom. The van der Waals surface area contributed by atoms with Crippen molar-refractivity contribution in [3.05, 3.63) is 0 Å². The van der Waals surface area contributed by atoms with E-state index >= 15 is 0 Å². The summed E-state index contributed by atoms with van der Waals surface area (Å²) in [5.41, 5.74) is 0.552. The lowest BCUT2D eigenvalue weighted by Gasteiger charge is -2.60. The van der Waals surface area contributed by atoms with E-state index in [1.54, 1.807) is 0 Å². The quantitative estimate of drug-likeness (QED) is 0.667. The average molecular weight is 347 g/mol. The number of hydrogen-bond acceptors (Lipinski definition) is 3. The number of ketones is 1. The van der Waals surface area contributed by atoms with Crippen LogP contribution in [0.5, 0.6) is 0 Å². The Hall–Kier alpha value is -0.860. The summed E-state index contributed by atoms with van der Waals surface area (Å²) < 4.78 is 5.87. The highest BCUT2D eigenvalue weighted by atomic mass is 16.5. The van der Waals surface area contributed by atoms with E-state index in [9.17, 15) is 9.59 Å². The maximum absolute atomic E-state index is 12.0. The smallest absolute Gasteiger partial charge is 0.305 e. The summed E-state index contributed by atoms with van der Waals surface area (Å²) in [5, 5.41) is 0. The molecule has 0 aliphatic heterocycles. The van der Waals surface area contributed by atoms with Crippen LogP contribution >= 0.6 is 0 Å². The van der Waals surface area contributed by atoms with Gasteiger partial charge >= 0.3 is 5.97 Å². The summed E-state index contributed by atoms with van der Waals surface area (Å²) in [4.78, 5) is 23.9. The monoisotopic (exact) mass is 346 g/mol. The van der Waals surface area contributed by atoms with Gasteiger partial charge in [0.05, 0.1) is 0 Å². The van der Waals surface area contributed by atoms with E-state index < -0.39 is 0 Å². The predicted octanol–water partition coefficient (Wildman–Crippen LogP) is 4.92. The molecule has 0 spiro atoms. The van der Waals surface area contributed by atoms with E-state index in [2.05, 4.69) is 13.8 Å². The zero-order chi connectivity index (χ0) is 17.8. The van der Waals surface area contributed by atoms with E-state index in [4.69, 9.17) is 4.74 Å². The molecule has 0 aromatic carbocycles. The summed E-state index contributed by atoms with van der Waals surface area (Å²) in [5.74, 6) is 3.34. The largest absolute Gasteiger partial charge is 0.462 e. The highest BCUT2D eigenvalue weighted by Crippen LogP contribution is 2.66. The fraction of sp³-hybridized carbons (Fsp3) is 0.909. The minimum absolute atomic E-state index is 0.0320. The fourth-order valence-electron chi connectivity index (χ4n) is 7.43. The zero-order valence-electron chi connectivity index (χ0n) is 16.2. The number of esters is 1. The molecule has 0 amide bonds. The topological polar surface area (TPSA) is 43.4 Å². The van der Waals surface area contributed by atoms with Crippen molar-refractivity contribution in [3.63, 3.8) is 0 Å². The first kappa shape index (κ1) is 17.5. The van der Waals surface area contributed by atoms with Crippen LogP contribution in [0.3, 0.4) is 0 Å². The second-order valence-corrected chi connectivity index (χ2v) is 9.85. The Balaban J connectivity index is 1.56. The third-order valence-electron chi connectivity index (χ3n) is 8.96. The Morgan fingerprint density at radius 1 is 1.04 bits per heavy atom. The van der Waals surface area contributed by atoms with Gasteiger partial charge in [-0.2, -0.15) is 0 Å². The number of hydrogen-bond donors (Lipinski definition) is 0. The summed E-state index contributed by atoms with van der Waals surface area (Å²) in [6, 6.07) is 0. The number of rotatable bonds is 2. The van der Waals surface area contributed by atoms with Crippen LogP contribution in [0.25, 0.3) is 0 Å². The number of fused-ring (bicyclic) bond motifs is 5. The van der Waals surface area contributed by atoms with Crippen molar-refractivity contribution >= 4 is 11.8 Å². The first-order valence-electron chi connectivity index (χ1n) is 10.6. The van der Waals surface area contributed by atoms with Crippen molar-refractivity contribution in [2.45, 2.75) is 91.1 Å². The van der Waals surface area contributed by atoms with E-state index in [1.807, 2.05) is 6.92 Å². The first-order valence-corrected chi connectivity index (χ1v) is 10.6. The molecule has 4 aliphatic carbocycles. The first-order chi connectivity index (χ1) is 11.9. The van der Waals surface area contributed by atoms with Gasteiger partial charge in [0, 0.05) is 24.7 Å². The van der Waals surface area contributed by atoms with Crippen molar-refractivity contribution in [3.8, 4) is 0 Å². The number of carbonyl (C=O) groups excluding carboxylic acids is 2. The van der Waals surface area contributed by atoms with Crippen LogP contribution in [-0.4, -0.2) is 17.9 Å². The van der Waals surface area contributed by atoms with Crippen LogP contribution in [0.15, 0.2) is 0 Å². The summed E-state index contributed by atoms with van der Waals surface area (Å²) in [6.45, 7) is 6.78. The van der Waals surface area contributed by atoms with E-state index in [0.29, 0.717) is 29.5 Å². The van der Waals surface area contributed by atoms with Crippen LogP contribution in [0.4, 0.5) is 0 Å². The minimum atomic E-state index is -0.0320. The molecule has 0 heterocycles. The Kier molecular flexibility index (Phi) is 4.28. The lowest BCUT2D eigenvalue weighted by Crippen LogP contribution is -2.54. The van der Waals surface area contributed by atoms with Gasteiger partial charge in [-0.3, -0.25) is 9.59 Å². The van der Waals surface area contributed by atoms with Crippen LogP contribution in [-0.2, 0) is 14.3 Å². The molecule has 7 atom stereocenters. The summed E-state index contributed by atoms with van der Waals surface area (Å²) >= 11 is 0. The second kappa shape index (κ2) is 6.09. The van der Waals surface area contributed by atoms with Gasteiger partial charge in [-0.1, -0.05) is 20.8 Å². The Bertz CT molecular complexity index is 570. The van der Waals surface area contributed by atoms with Crippen LogP contribution in [0, 0.1) is 34.5 Å². The lowest BCUT2D eigenvalue weighted by molar-refractivity contribution is -0.163. The molecule has 0 radical (unpaired) electrons. The molecule has 25 heavy (non-hydrogen) atoms. The number of Topliss-reactive ketones (excluding diaryl/α,β-unsaturated/α-hetero) is 1. The molecule has 140 valence electrons. The standard InChI is InChI=1S/C22H34O3/c1-4-20(24)25-19-8-7-17-16-6-5-14-13-15(23)9-11-21(14,2)18(16)10-12-22(17,19)3/h14,16-19H,4-13H2,1-3H3/t14?,16-,17-,18-,19-,21-,22-/m0/s1. The number of carbonyl (C=O) groups is 2. The van der Waals surface area contributed by atoms with E-state index in [-0.39, 0.29) is 17.5 Å². The molecule has 3 nitrogen and oxygen atoms in total. The van der Waals surface area contributed by atoms with Crippen molar-refractivity contribution in [2.24, 2.45) is 34.5 Å². The lowest BCUT2D eigenvalue weighted by atomic mass is 9.45. The van der Waals surface area contributed by atoms with Gasteiger partial charge < -0.3 is 4.74 Å². The highest BCUT2D eigenvalue weighted by Gasteiger charge is 2.61. The molecule has 4 saturated carbocycles. The molecule has 0 aromatic rings. The van der Waals surface area contributed by atoms with Crippen LogP contribution < -0.4 is 0 Å². The third-order valence-corrected chi connectivity index (χ3v) is 8.96. The van der Waals surface area contributed by atoms with E-state index in [0.717, 1.165) is 37.5 Å². The van der Waals surface area contributed by atoms with Crippen molar-refractivity contribution < 1.29 is 14.3 Å². The highest BCUT2D eigenvalue weighted by molar-refractivity contribution is 5.79. The molecule has 4 rings (SSSR count). The molecular weight excluding hydrogens is 312 g/mol. The third kappa shape index (κ3) is 2.59. The number of ether oxygens (including phenoxy) is 1. The summed E-state index contributed by atoms with van der Waals surface area (Å²) in [7, 11) is 0. The molecular formula is C22H34O3. The van der Waals surface area contributed by atoms with Gasteiger partial charge in [0.15, 0.2) is 0 Å². The van der Waals surface area contributed by atoms with Gasteiger partial charge in [0.1, 0.15) is 11.9 Å². The maximum atomic E-state index is 12.0. The van der Waals surface area contributed by atoms with Gasteiger partial charge in [0.25, 0.3) is 0 Å². The second-order valence-electron chi connectivity index (χ2n) is 9.85. The molecule has 3 heteroatoms. The molecule has 4 aliphatic rings. The molecule has 1 unspecified atom stereocenters. The van der Waals surface area contributed by atoms with Gasteiger partial charge in [0.2, 0.25) is 0 Å². The molecule has 0 aromatic heterocycles. The van der Waals surface area contributed by atoms with Crippen LogP contribution in [0.2, 0.25) is 0 Å². The zero-order valence-corrected chi connectivity index (χ0v) is 16.2. The molecule has 0 saturated heterocycles. The summed E-state index contributed by atoms with van der Waals surface area (Å²) in [6.07, 6.45) is 10.6. The van der Waals surface area contributed by atoms with Crippen molar-refractivity contribution in [2.75, 3.05) is 0 Å². The molecule has 0 bridgehead atoms. The van der Waals surface area contributed by atoms with E-state index in [1.165, 1.54) is 32.1 Å². The minimum Gasteiger partial charge on any atom is -0.462 e. The predicted molar refractivity (Wildman–Crippen MR) is 96.9 cm³/mol. The average Bonchev–Trinajstić information content (AvgIpc) is 2.92. The van der Waals surface area contributed by atoms with Crippen molar-refractivity contribution in [1.82, 2.24) is 0 Å². The van der Waals surface area contributed by atoms with Crippen LogP contribution in [0.1, 0.15) is 85.0 Å². The van der Waals surface area contributed by atoms with Gasteiger partial charge in [-0.15, -0.1) is 0 Å². The maximum Gasteiger partial charge on any atom is 0.305 e. The van der Waals surface area contributed by atoms with Gasteiger partial charge in [-0.05, 0) is 74.0 Å². The Morgan fingerprint density at radius 2 is 1.80 bits per heavy atom. The SMILES string of the molecule is CCC(=O)O[C@H]1CC[C@H]2[C@@H]3CCC4CC(=O)CC[C@]4(C)[C@H]3CC[C@]12C. The van der Waals surface area contributed by atoms with Gasteiger partial charge in [-0.25, -0.2) is 0 Å². The normalized spacial score (nSPS) is 49.1. The Labute approximate surface area is 152 Å².